The van der Waals surface area contributed by atoms with Crippen LogP contribution in [0.5, 0.6) is 5.75 Å². The molecule has 0 fully saturated rings. The maximum absolute atomic E-state index is 13.4. The lowest BCUT2D eigenvalue weighted by Gasteiger charge is -2.28. The van der Waals surface area contributed by atoms with Crippen molar-refractivity contribution < 1.29 is 17.5 Å². The van der Waals surface area contributed by atoms with Crippen molar-refractivity contribution >= 4 is 10.0 Å². The lowest BCUT2D eigenvalue weighted by Crippen LogP contribution is -2.36. The molecule has 0 saturated carbocycles. The van der Waals surface area contributed by atoms with Gasteiger partial charge in [0.05, 0.1) is 12.0 Å². The number of rotatable bonds is 3. The number of fused-ring (bicyclic) bond motifs is 1. The summed E-state index contributed by atoms with van der Waals surface area (Å²) in [5.74, 6) is 0.370. The van der Waals surface area contributed by atoms with Gasteiger partial charge >= 0.3 is 0 Å². The molecule has 0 aliphatic carbocycles. The standard InChI is InChI=1S/C17H18FNO3S/c1-12-9-16(5-6-17(12)18)23(20,21)19-8-7-13-10-15(22-2)4-3-14(13)11-19/h3-6,9-10H,7-8,11H2,1-2H3. The van der Waals surface area contributed by atoms with E-state index < -0.39 is 15.8 Å². The molecule has 2 aromatic rings. The molecular weight excluding hydrogens is 317 g/mol. The Kier molecular flexibility index (Phi) is 4.12. The molecule has 0 aromatic heterocycles. The van der Waals surface area contributed by atoms with Gasteiger partial charge < -0.3 is 4.74 Å². The van der Waals surface area contributed by atoms with Crippen molar-refractivity contribution in [2.24, 2.45) is 0 Å². The highest BCUT2D eigenvalue weighted by Crippen LogP contribution is 2.28. The molecule has 3 rings (SSSR count). The first kappa shape index (κ1) is 16.0. The van der Waals surface area contributed by atoms with E-state index in [-0.39, 0.29) is 4.90 Å². The van der Waals surface area contributed by atoms with Gasteiger partial charge in [-0.1, -0.05) is 6.07 Å². The maximum Gasteiger partial charge on any atom is 0.243 e. The monoisotopic (exact) mass is 335 g/mol. The van der Waals surface area contributed by atoms with Crippen LogP contribution < -0.4 is 4.74 Å². The first-order chi connectivity index (χ1) is 10.9. The highest BCUT2D eigenvalue weighted by molar-refractivity contribution is 7.89. The van der Waals surface area contributed by atoms with Crippen LogP contribution in [0.2, 0.25) is 0 Å². The van der Waals surface area contributed by atoms with Crippen LogP contribution in [0, 0.1) is 12.7 Å². The van der Waals surface area contributed by atoms with Gasteiger partial charge in [-0.2, -0.15) is 4.31 Å². The largest absolute Gasteiger partial charge is 0.497 e. The molecule has 0 bridgehead atoms. The number of benzene rings is 2. The van der Waals surface area contributed by atoms with Gasteiger partial charge in [-0.25, -0.2) is 12.8 Å². The zero-order chi connectivity index (χ0) is 16.6. The van der Waals surface area contributed by atoms with E-state index in [0.29, 0.717) is 25.1 Å². The van der Waals surface area contributed by atoms with Crippen molar-refractivity contribution in [1.82, 2.24) is 4.31 Å². The second-order valence-electron chi connectivity index (χ2n) is 5.63. The van der Waals surface area contributed by atoms with E-state index >= 15 is 0 Å². The summed E-state index contributed by atoms with van der Waals surface area (Å²) in [5.41, 5.74) is 2.40. The first-order valence-electron chi connectivity index (χ1n) is 7.34. The van der Waals surface area contributed by atoms with Crippen molar-refractivity contribution in [3.8, 4) is 5.75 Å². The summed E-state index contributed by atoms with van der Waals surface area (Å²) in [4.78, 5) is 0.133. The third kappa shape index (κ3) is 2.96. The molecule has 2 aromatic carbocycles. The predicted octanol–water partition coefficient (Wildman–Crippen LogP) is 2.89. The third-order valence-electron chi connectivity index (χ3n) is 4.16. The molecule has 4 nitrogen and oxygen atoms in total. The Morgan fingerprint density at radius 3 is 2.61 bits per heavy atom. The molecule has 1 aliphatic heterocycles. The zero-order valence-corrected chi connectivity index (χ0v) is 13.9. The predicted molar refractivity (Wildman–Crippen MR) is 85.4 cm³/mol. The fourth-order valence-electron chi connectivity index (χ4n) is 2.76. The van der Waals surface area contributed by atoms with Gasteiger partial charge in [-0.05, 0) is 60.4 Å². The van der Waals surface area contributed by atoms with Gasteiger partial charge in [0.2, 0.25) is 10.0 Å². The van der Waals surface area contributed by atoms with Gasteiger partial charge in [0.15, 0.2) is 0 Å². The zero-order valence-electron chi connectivity index (χ0n) is 13.0. The van der Waals surface area contributed by atoms with Crippen LogP contribution in [-0.4, -0.2) is 26.4 Å². The minimum Gasteiger partial charge on any atom is -0.497 e. The van der Waals surface area contributed by atoms with E-state index in [0.717, 1.165) is 16.9 Å². The van der Waals surface area contributed by atoms with Crippen LogP contribution in [0.15, 0.2) is 41.3 Å². The van der Waals surface area contributed by atoms with Crippen LogP contribution in [-0.2, 0) is 23.0 Å². The summed E-state index contributed by atoms with van der Waals surface area (Å²) in [6.45, 7) is 2.28. The lowest BCUT2D eigenvalue weighted by atomic mass is 10.0. The molecular formula is C17H18FNO3S. The highest BCUT2D eigenvalue weighted by atomic mass is 32.2. The number of hydrogen-bond donors (Lipinski definition) is 0. The summed E-state index contributed by atoms with van der Waals surface area (Å²) in [6, 6.07) is 9.57. The summed E-state index contributed by atoms with van der Waals surface area (Å²) in [5, 5.41) is 0. The van der Waals surface area contributed by atoms with E-state index in [1.807, 2.05) is 18.2 Å². The number of aryl methyl sites for hydroxylation is 1. The topological polar surface area (TPSA) is 46.6 Å². The molecule has 0 saturated heterocycles. The second-order valence-corrected chi connectivity index (χ2v) is 7.57. The molecule has 1 aliphatic rings. The normalized spacial score (nSPS) is 15.3. The fraction of sp³-hybridized carbons (Fsp3) is 0.294. The fourth-order valence-corrected chi connectivity index (χ4v) is 4.27. The minimum absolute atomic E-state index is 0.133. The number of hydrogen-bond acceptors (Lipinski definition) is 3. The molecule has 23 heavy (non-hydrogen) atoms. The van der Waals surface area contributed by atoms with Crippen LogP contribution in [0.25, 0.3) is 0 Å². The van der Waals surface area contributed by atoms with E-state index in [1.54, 1.807) is 14.0 Å². The number of methoxy groups -OCH3 is 1. The molecule has 0 radical (unpaired) electrons. The molecule has 0 unspecified atom stereocenters. The number of nitrogens with zero attached hydrogens (tertiary/aromatic N) is 1. The van der Waals surface area contributed by atoms with E-state index in [1.165, 1.54) is 22.5 Å². The van der Waals surface area contributed by atoms with Gasteiger partial charge in [-0.3, -0.25) is 0 Å². The van der Waals surface area contributed by atoms with Crippen molar-refractivity contribution in [2.45, 2.75) is 24.8 Å². The average Bonchev–Trinajstić information content (AvgIpc) is 2.56. The number of ether oxygens (including phenoxy) is 1. The quantitative estimate of drug-likeness (QED) is 0.866. The molecule has 0 amide bonds. The molecule has 0 N–H and O–H groups in total. The van der Waals surface area contributed by atoms with Crippen molar-refractivity contribution in [2.75, 3.05) is 13.7 Å². The number of halogens is 1. The van der Waals surface area contributed by atoms with Crippen LogP contribution in [0.4, 0.5) is 4.39 Å². The van der Waals surface area contributed by atoms with Crippen molar-refractivity contribution in [3.63, 3.8) is 0 Å². The molecule has 1 heterocycles. The van der Waals surface area contributed by atoms with Gasteiger partial charge in [0.1, 0.15) is 11.6 Å². The summed E-state index contributed by atoms with van der Waals surface area (Å²) < 4.78 is 45.5. The molecule has 0 atom stereocenters. The van der Waals surface area contributed by atoms with Crippen LogP contribution >= 0.6 is 0 Å². The average molecular weight is 335 g/mol. The third-order valence-corrected chi connectivity index (χ3v) is 6.00. The Morgan fingerprint density at radius 1 is 1.13 bits per heavy atom. The second kappa shape index (κ2) is 5.94. The van der Waals surface area contributed by atoms with Crippen molar-refractivity contribution in [1.29, 1.82) is 0 Å². The van der Waals surface area contributed by atoms with E-state index in [2.05, 4.69) is 0 Å². The SMILES string of the molecule is COc1ccc2c(c1)CCN(S(=O)(=O)c1ccc(F)c(C)c1)C2. The highest BCUT2D eigenvalue weighted by Gasteiger charge is 2.28. The van der Waals surface area contributed by atoms with Gasteiger partial charge in [0, 0.05) is 13.1 Å². The van der Waals surface area contributed by atoms with Crippen molar-refractivity contribution in [3.05, 3.63) is 58.9 Å². The summed E-state index contributed by atoms with van der Waals surface area (Å²) in [6.07, 6.45) is 0.631. The lowest BCUT2D eigenvalue weighted by molar-refractivity contribution is 0.386. The van der Waals surface area contributed by atoms with Crippen LogP contribution in [0.1, 0.15) is 16.7 Å². The molecule has 0 spiro atoms. The van der Waals surface area contributed by atoms with Crippen LogP contribution in [0.3, 0.4) is 0 Å². The molecule has 6 heteroatoms. The first-order valence-corrected chi connectivity index (χ1v) is 8.78. The maximum atomic E-state index is 13.4. The Morgan fingerprint density at radius 2 is 1.91 bits per heavy atom. The molecule has 122 valence electrons. The Bertz CT molecular complexity index is 849. The van der Waals surface area contributed by atoms with Gasteiger partial charge in [-0.15, -0.1) is 0 Å². The Hall–Kier alpha value is -1.92. The summed E-state index contributed by atoms with van der Waals surface area (Å²) >= 11 is 0. The minimum atomic E-state index is -3.62. The Balaban J connectivity index is 1.91. The van der Waals surface area contributed by atoms with Gasteiger partial charge in [0.25, 0.3) is 0 Å². The van der Waals surface area contributed by atoms with E-state index in [9.17, 15) is 12.8 Å². The number of sulfonamides is 1. The smallest absolute Gasteiger partial charge is 0.243 e. The Labute approximate surface area is 135 Å². The summed E-state index contributed by atoms with van der Waals surface area (Å²) in [7, 11) is -2.01. The van der Waals surface area contributed by atoms with E-state index in [4.69, 9.17) is 4.74 Å².